The van der Waals surface area contributed by atoms with Gasteiger partial charge in [-0.3, -0.25) is 9.59 Å². The molecule has 0 aromatic carbocycles. The maximum Gasteiger partial charge on any atom is 0.261 e. The molecule has 4 heterocycles. The third-order valence-corrected chi connectivity index (χ3v) is 10.5. The van der Waals surface area contributed by atoms with Gasteiger partial charge in [0.25, 0.3) is 11.8 Å². The molecule has 0 saturated heterocycles. The summed E-state index contributed by atoms with van der Waals surface area (Å²) in [5, 5.41) is 0. The Morgan fingerprint density at radius 1 is 0.694 bits per heavy atom. The second-order valence-corrected chi connectivity index (χ2v) is 14.5. The first-order valence-corrected chi connectivity index (χ1v) is 16.2. The van der Waals surface area contributed by atoms with Gasteiger partial charge in [-0.05, 0) is 80.8 Å². The van der Waals surface area contributed by atoms with Gasteiger partial charge in [-0.2, -0.15) is 0 Å². The molecule has 0 N–H and O–H groups in total. The molecular weight excluding hydrogens is 620 g/mol. The van der Waals surface area contributed by atoms with E-state index in [0.29, 0.717) is 36.1 Å². The normalized spacial score (nSPS) is 17.6. The second-order valence-electron chi connectivity index (χ2n) is 9.61. The molecule has 2 atom stereocenters. The van der Waals surface area contributed by atoms with Gasteiger partial charge in [0.15, 0.2) is 0 Å². The first kappa shape index (κ1) is 27.8. The lowest BCUT2D eigenvalue weighted by molar-refractivity contribution is -0.124. The molecule has 0 bridgehead atoms. The van der Waals surface area contributed by atoms with E-state index in [1.807, 2.05) is 34.1 Å². The van der Waals surface area contributed by atoms with Gasteiger partial charge in [0.2, 0.25) is 0 Å². The van der Waals surface area contributed by atoms with Crippen LogP contribution >= 0.6 is 54.5 Å². The quantitative estimate of drug-likeness (QED) is 0.230. The van der Waals surface area contributed by atoms with Crippen LogP contribution in [0.5, 0.6) is 0 Å². The summed E-state index contributed by atoms with van der Waals surface area (Å²) in [6.45, 7) is 10.0. The minimum atomic E-state index is -0.0296. The summed E-state index contributed by atoms with van der Waals surface area (Å²) in [4.78, 5) is 34.2. The van der Waals surface area contributed by atoms with Gasteiger partial charge >= 0.3 is 0 Å². The van der Waals surface area contributed by atoms with Gasteiger partial charge in [0, 0.05) is 13.1 Å². The molecule has 2 unspecified atom stereocenters. The molecule has 2 aromatic rings. The smallest absolute Gasteiger partial charge is 0.261 e. The van der Waals surface area contributed by atoms with E-state index >= 15 is 0 Å². The number of nitrogens with zero attached hydrogens (tertiary/aromatic N) is 2. The Balaban J connectivity index is 1.90. The second kappa shape index (κ2) is 12.1. The van der Waals surface area contributed by atoms with E-state index in [4.69, 9.17) is 0 Å². The summed E-state index contributed by atoms with van der Waals surface area (Å²) in [6.07, 6.45) is 6.31. The Bertz CT molecular complexity index is 1100. The fourth-order valence-corrected chi connectivity index (χ4v) is 8.22. The van der Waals surface area contributed by atoms with Crippen molar-refractivity contribution in [1.29, 1.82) is 0 Å². The highest BCUT2D eigenvalue weighted by Gasteiger charge is 2.49. The van der Waals surface area contributed by atoms with Crippen LogP contribution in [0.3, 0.4) is 0 Å². The van der Waals surface area contributed by atoms with E-state index in [0.717, 1.165) is 67.2 Å². The van der Waals surface area contributed by atoms with Crippen LogP contribution in [0, 0.1) is 11.8 Å². The largest absolute Gasteiger partial charge is 0.306 e. The van der Waals surface area contributed by atoms with Gasteiger partial charge in [-0.15, -0.1) is 22.7 Å². The number of halogens is 2. The Morgan fingerprint density at radius 3 is 1.36 bits per heavy atom. The van der Waals surface area contributed by atoms with Crippen molar-refractivity contribution >= 4 is 77.7 Å². The summed E-state index contributed by atoms with van der Waals surface area (Å²) in [5.41, 5.74) is 2.77. The number of rotatable bonds is 12. The van der Waals surface area contributed by atoms with Gasteiger partial charge in [0.1, 0.15) is 0 Å². The van der Waals surface area contributed by atoms with E-state index in [9.17, 15) is 9.59 Å². The number of amides is 2. The first-order valence-electron chi connectivity index (χ1n) is 13.0. The standard InChI is InChI=1S/C28H34Br2N2O2S2/c1-5-9-17(7-3)15-31-25(19-11-13-21(29)35-19)23-24(27(31)33)26(20-12-14-22(30)36-20)32(28(23)34)16-18(8-4)10-6-2/h11-14,17-18H,5-10,15-16H2,1-4H3. The van der Waals surface area contributed by atoms with Crippen molar-refractivity contribution < 1.29 is 9.59 Å². The van der Waals surface area contributed by atoms with Crippen LogP contribution in [-0.4, -0.2) is 34.7 Å². The average molecular weight is 655 g/mol. The van der Waals surface area contributed by atoms with Gasteiger partial charge in [-0.25, -0.2) is 0 Å². The highest BCUT2D eigenvalue weighted by molar-refractivity contribution is 9.11. The third kappa shape index (κ3) is 5.33. The first-order chi connectivity index (χ1) is 17.3. The summed E-state index contributed by atoms with van der Waals surface area (Å²) in [7, 11) is 0. The fourth-order valence-electron chi connectivity index (χ4n) is 5.32. The fraction of sp³-hybridized carbons (Fsp3) is 0.500. The molecule has 0 radical (unpaired) electrons. The molecule has 4 rings (SSSR count). The lowest BCUT2D eigenvalue weighted by atomic mass is 9.99. The highest BCUT2D eigenvalue weighted by Crippen LogP contribution is 2.50. The molecule has 0 spiro atoms. The van der Waals surface area contributed by atoms with E-state index in [-0.39, 0.29) is 11.8 Å². The van der Waals surface area contributed by atoms with Crippen molar-refractivity contribution in [3.63, 3.8) is 0 Å². The summed E-state index contributed by atoms with van der Waals surface area (Å²) < 4.78 is 1.99. The Hall–Kier alpha value is -1.22. The number of hydrogen-bond acceptors (Lipinski definition) is 4. The zero-order valence-electron chi connectivity index (χ0n) is 21.4. The molecule has 2 aliphatic heterocycles. The van der Waals surface area contributed by atoms with Crippen LogP contribution in [0.1, 0.15) is 76.0 Å². The summed E-state index contributed by atoms with van der Waals surface area (Å²) in [6, 6.07) is 8.07. The number of carbonyl (C=O) groups excluding carboxylic acids is 2. The van der Waals surface area contributed by atoms with Crippen molar-refractivity contribution in [1.82, 2.24) is 9.80 Å². The number of fused-ring (bicyclic) bond motifs is 1. The van der Waals surface area contributed by atoms with Crippen molar-refractivity contribution in [2.24, 2.45) is 11.8 Å². The van der Waals surface area contributed by atoms with Crippen LogP contribution in [0.2, 0.25) is 0 Å². The van der Waals surface area contributed by atoms with Crippen LogP contribution in [0.25, 0.3) is 11.4 Å². The van der Waals surface area contributed by atoms with Crippen molar-refractivity contribution in [2.45, 2.75) is 66.2 Å². The van der Waals surface area contributed by atoms with E-state index in [2.05, 4.69) is 59.6 Å². The molecule has 8 heteroatoms. The van der Waals surface area contributed by atoms with Crippen molar-refractivity contribution in [3.05, 3.63) is 52.7 Å². The summed E-state index contributed by atoms with van der Waals surface area (Å²) in [5.74, 6) is 0.741. The van der Waals surface area contributed by atoms with E-state index in [1.54, 1.807) is 22.7 Å². The Labute approximate surface area is 239 Å². The SMILES string of the molecule is CCCC(CC)CN1C(=O)C2=C(c3ccc(Br)s3)N(CC(CC)CCC)C(=O)C2=C1c1ccc(Br)s1. The average Bonchev–Trinajstić information content (AvgIpc) is 3.60. The van der Waals surface area contributed by atoms with Gasteiger partial charge in [0.05, 0.1) is 39.9 Å². The molecule has 4 nitrogen and oxygen atoms in total. The lowest BCUT2D eigenvalue weighted by Gasteiger charge is -2.28. The molecule has 194 valence electrons. The lowest BCUT2D eigenvalue weighted by Crippen LogP contribution is -2.34. The maximum atomic E-state index is 14.2. The summed E-state index contributed by atoms with van der Waals surface area (Å²) >= 11 is 10.4. The van der Waals surface area contributed by atoms with Crippen molar-refractivity contribution in [2.75, 3.05) is 13.1 Å². The van der Waals surface area contributed by atoms with Gasteiger partial charge < -0.3 is 9.80 Å². The molecule has 2 amide bonds. The molecule has 0 aliphatic carbocycles. The zero-order valence-corrected chi connectivity index (χ0v) is 26.2. The number of carbonyl (C=O) groups is 2. The van der Waals surface area contributed by atoms with Crippen LogP contribution < -0.4 is 0 Å². The predicted octanol–water partition coefficient (Wildman–Crippen LogP) is 8.79. The molecule has 2 aromatic heterocycles. The Morgan fingerprint density at radius 2 is 1.08 bits per heavy atom. The minimum Gasteiger partial charge on any atom is -0.306 e. The molecule has 2 aliphatic rings. The topological polar surface area (TPSA) is 40.6 Å². The number of thiophene rings is 2. The minimum absolute atomic E-state index is 0.0296. The molecule has 36 heavy (non-hydrogen) atoms. The Kier molecular flexibility index (Phi) is 9.34. The van der Waals surface area contributed by atoms with Crippen LogP contribution in [0.15, 0.2) is 43.0 Å². The maximum absolute atomic E-state index is 14.2. The molecule has 0 saturated carbocycles. The zero-order chi connectivity index (χ0) is 26.0. The third-order valence-electron chi connectivity index (χ3n) is 7.22. The van der Waals surface area contributed by atoms with Crippen LogP contribution in [0.4, 0.5) is 0 Å². The van der Waals surface area contributed by atoms with E-state index < -0.39 is 0 Å². The highest BCUT2D eigenvalue weighted by atomic mass is 79.9. The predicted molar refractivity (Wildman–Crippen MR) is 159 cm³/mol. The van der Waals surface area contributed by atoms with Gasteiger partial charge in [-0.1, -0.05) is 53.4 Å². The number of hydrogen-bond donors (Lipinski definition) is 0. The van der Waals surface area contributed by atoms with E-state index in [1.165, 1.54) is 0 Å². The monoisotopic (exact) mass is 652 g/mol. The molecule has 0 fully saturated rings. The van der Waals surface area contributed by atoms with Crippen LogP contribution in [-0.2, 0) is 9.59 Å². The molecular formula is C28H34Br2N2O2S2. The van der Waals surface area contributed by atoms with Crippen molar-refractivity contribution in [3.8, 4) is 0 Å².